The Kier molecular flexibility index (Phi) is 7.80. The van der Waals surface area contributed by atoms with E-state index in [1.165, 1.54) is 7.11 Å². The van der Waals surface area contributed by atoms with Gasteiger partial charge in [0.05, 0.1) is 12.7 Å². The molecule has 0 fully saturated rings. The predicted octanol–water partition coefficient (Wildman–Crippen LogP) is 3.61. The molecule has 32 heavy (non-hydrogen) atoms. The van der Waals surface area contributed by atoms with Crippen molar-refractivity contribution in [2.24, 2.45) is 0 Å². The lowest BCUT2D eigenvalue weighted by Gasteiger charge is -2.30. The molecule has 2 atom stereocenters. The summed E-state index contributed by atoms with van der Waals surface area (Å²) >= 11 is 0. The van der Waals surface area contributed by atoms with E-state index < -0.39 is 29.7 Å². The smallest absolute Gasteiger partial charge is 0.408 e. The quantitative estimate of drug-likeness (QED) is 0.503. The van der Waals surface area contributed by atoms with Crippen LogP contribution < -0.4 is 5.32 Å². The number of carbonyl (C=O) groups is 3. The Balaban J connectivity index is 1.64. The minimum atomic E-state index is -1.14. The Morgan fingerprint density at radius 2 is 1.69 bits per heavy atom. The van der Waals surface area contributed by atoms with Crippen molar-refractivity contribution in [2.75, 3.05) is 13.7 Å². The average Bonchev–Trinajstić information content (AvgIpc) is 2.83. The van der Waals surface area contributed by atoms with Gasteiger partial charge in [0, 0.05) is 12.8 Å². The molecule has 0 aliphatic heterocycles. The average molecular weight is 435 g/mol. The van der Waals surface area contributed by atoms with Crippen LogP contribution in [0.5, 0.6) is 0 Å². The van der Waals surface area contributed by atoms with Crippen molar-refractivity contribution in [3.05, 3.63) is 96.1 Å². The topological polar surface area (TPSA) is 90.9 Å². The minimum absolute atomic E-state index is 0.211. The third-order valence-corrected chi connectivity index (χ3v) is 4.92. The SMILES string of the molecule is COC(=O)C(Cc1ccccc1)NC(=O)OCC1(OC(=O)c2ccccc2)C=CC=CC1. The number of alkyl carbamates (subject to hydrolysis) is 1. The first-order chi connectivity index (χ1) is 15.5. The van der Waals surface area contributed by atoms with Gasteiger partial charge in [-0.1, -0.05) is 66.8 Å². The van der Waals surface area contributed by atoms with Crippen LogP contribution in [0.3, 0.4) is 0 Å². The number of ether oxygens (including phenoxy) is 3. The number of methoxy groups -OCH3 is 1. The van der Waals surface area contributed by atoms with E-state index in [-0.39, 0.29) is 13.0 Å². The predicted molar refractivity (Wildman–Crippen MR) is 118 cm³/mol. The summed E-state index contributed by atoms with van der Waals surface area (Å²) < 4.78 is 15.9. The third kappa shape index (κ3) is 6.31. The summed E-state index contributed by atoms with van der Waals surface area (Å²) in [5, 5.41) is 2.54. The number of rotatable bonds is 8. The van der Waals surface area contributed by atoms with E-state index in [9.17, 15) is 14.4 Å². The molecule has 0 saturated carbocycles. The van der Waals surface area contributed by atoms with Crippen molar-refractivity contribution in [2.45, 2.75) is 24.5 Å². The van der Waals surface area contributed by atoms with Crippen molar-refractivity contribution < 1.29 is 28.6 Å². The molecule has 0 saturated heterocycles. The molecule has 0 radical (unpaired) electrons. The number of hydrogen-bond donors (Lipinski definition) is 1. The highest BCUT2D eigenvalue weighted by Crippen LogP contribution is 2.25. The van der Waals surface area contributed by atoms with Gasteiger partial charge >= 0.3 is 18.0 Å². The summed E-state index contributed by atoms with van der Waals surface area (Å²) in [5.74, 6) is -1.11. The zero-order valence-electron chi connectivity index (χ0n) is 17.7. The zero-order valence-corrected chi connectivity index (χ0v) is 17.7. The van der Waals surface area contributed by atoms with E-state index in [0.29, 0.717) is 12.0 Å². The fourth-order valence-electron chi connectivity index (χ4n) is 3.23. The first-order valence-electron chi connectivity index (χ1n) is 10.2. The fourth-order valence-corrected chi connectivity index (χ4v) is 3.23. The lowest BCUT2D eigenvalue weighted by Crippen LogP contribution is -2.46. The maximum absolute atomic E-state index is 12.6. The second-order valence-electron chi connectivity index (χ2n) is 7.30. The third-order valence-electron chi connectivity index (χ3n) is 4.92. The summed E-state index contributed by atoms with van der Waals surface area (Å²) in [5.41, 5.74) is 0.115. The Hall–Kier alpha value is -3.87. The molecule has 3 rings (SSSR count). The highest BCUT2D eigenvalue weighted by atomic mass is 16.6. The van der Waals surface area contributed by atoms with Crippen LogP contribution in [0.1, 0.15) is 22.3 Å². The molecule has 7 nitrogen and oxygen atoms in total. The summed E-state index contributed by atoms with van der Waals surface area (Å²) in [4.78, 5) is 37.2. The first kappa shape index (κ1) is 22.8. The molecule has 2 aromatic rings. The fraction of sp³-hybridized carbons (Fsp3) is 0.240. The summed E-state index contributed by atoms with van der Waals surface area (Å²) in [6, 6.07) is 16.9. The van der Waals surface area contributed by atoms with Gasteiger partial charge in [-0.25, -0.2) is 14.4 Å². The number of amides is 1. The summed E-state index contributed by atoms with van der Waals surface area (Å²) in [7, 11) is 1.25. The maximum Gasteiger partial charge on any atom is 0.408 e. The highest BCUT2D eigenvalue weighted by molar-refractivity contribution is 5.89. The summed E-state index contributed by atoms with van der Waals surface area (Å²) in [6.45, 7) is -0.211. The number of hydrogen-bond acceptors (Lipinski definition) is 6. The van der Waals surface area contributed by atoms with Crippen molar-refractivity contribution in [3.63, 3.8) is 0 Å². The number of carbonyl (C=O) groups excluding carboxylic acids is 3. The van der Waals surface area contributed by atoms with Crippen LogP contribution in [0.15, 0.2) is 85.0 Å². The molecule has 166 valence electrons. The molecule has 1 N–H and O–H groups in total. The molecule has 2 aromatic carbocycles. The molecule has 1 amide bonds. The number of allylic oxidation sites excluding steroid dienone is 2. The van der Waals surface area contributed by atoms with Gasteiger partial charge in [0.2, 0.25) is 0 Å². The maximum atomic E-state index is 12.6. The van der Waals surface area contributed by atoms with E-state index in [2.05, 4.69) is 5.32 Å². The van der Waals surface area contributed by atoms with E-state index in [4.69, 9.17) is 14.2 Å². The minimum Gasteiger partial charge on any atom is -0.467 e. The molecule has 0 bridgehead atoms. The molecule has 0 spiro atoms. The van der Waals surface area contributed by atoms with Gasteiger partial charge in [-0.05, 0) is 23.8 Å². The van der Waals surface area contributed by atoms with E-state index in [1.54, 1.807) is 42.5 Å². The molecule has 7 heteroatoms. The van der Waals surface area contributed by atoms with Crippen LogP contribution in [-0.4, -0.2) is 43.4 Å². The van der Waals surface area contributed by atoms with Crippen molar-refractivity contribution in [3.8, 4) is 0 Å². The van der Waals surface area contributed by atoms with Crippen LogP contribution in [0.4, 0.5) is 4.79 Å². The second-order valence-corrected chi connectivity index (χ2v) is 7.30. The normalized spacial score (nSPS) is 17.8. The number of esters is 2. The van der Waals surface area contributed by atoms with Gasteiger partial charge in [0.25, 0.3) is 0 Å². The van der Waals surface area contributed by atoms with Gasteiger partial charge in [-0.2, -0.15) is 0 Å². The van der Waals surface area contributed by atoms with Gasteiger partial charge in [0.15, 0.2) is 5.60 Å². The van der Waals surface area contributed by atoms with Crippen molar-refractivity contribution in [1.82, 2.24) is 5.32 Å². The molecular weight excluding hydrogens is 410 g/mol. The van der Waals surface area contributed by atoms with Crippen LogP contribution >= 0.6 is 0 Å². The molecule has 0 heterocycles. The lowest BCUT2D eigenvalue weighted by atomic mass is 9.96. The molecule has 0 aromatic heterocycles. The van der Waals surface area contributed by atoms with Crippen molar-refractivity contribution in [1.29, 1.82) is 0 Å². The number of benzene rings is 2. The van der Waals surface area contributed by atoms with Gasteiger partial charge in [-0.15, -0.1) is 0 Å². The zero-order chi connectivity index (χ0) is 22.8. The molecule has 1 aliphatic carbocycles. The molecule has 2 unspecified atom stereocenters. The molecular formula is C25H25NO6. The first-order valence-corrected chi connectivity index (χ1v) is 10.2. The summed E-state index contributed by atoms with van der Waals surface area (Å²) in [6.07, 6.45) is 6.85. The Morgan fingerprint density at radius 1 is 1.00 bits per heavy atom. The van der Waals surface area contributed by atoms with Crippen LogP contribution in [0, 0.1) is 0 Å². The van der Waals surface area contributed by atoms with Gasteiger partial charge in [0.1, 0.15) is 12.6 Å². The van der Waals surface area contributed by atoms with Gasteiger partial charge in [-0.3, -0.25) is 0 Å². The highest BCUT2D eigenvalue weighted by Gasteiger charge is 2.34. The van der Waals surface area contributed by atoms with Crippen LogP contribution in [0.2, 0.25) is 0 Å². The van der Waals surface area contributed by atoms with Gasteiger partial charge < -0.3 is 19.5 Å². The van der Waals surface area contributed by atoms with Crippen LogP contribution in [0.25, 0.3) is 0 Å². The Bertz CT molecular complexity index is 986. The van der Waals surface area contributed by atoms with E-state index in [0.717, 1.165) is 5.56 Å². The largest absolute Gasteiger partial charge is 0.467 e. The second kappa shape index (κ2) is 10.9. The van der Waals surface area contributed by atoms with E-state index in [1.807, 2.05) is 42.5 Å². The standard InChI is InChI=1S/C25H25NO6/c1-30-23(28)21(17-19-11-5-2-6-12-19)26-24(29)31-18-25(15-9-4-10-16-25)32-22(27)20-13-7-3-8-14-20/h2-15,21H,16-18H2,1H3,(H,26,29). The van der Waals surface area contributed by atoms with Crippen LogP contribution in [-0.2, 0) is 25.4 Å². The van der Waals surface area contributed by atoms with E-state index >= 15 is 0 Å². The van der Waals surface area contributed by atoms with Crippen molar-refractivity contribution >= 4 is 18.0 Å². The Morgan fingerprint density at radius 3 is 2.31 bits per heavy atom. The lowest BCUT2D eigenvalue weighted by molar-refractivity contribution is -0.143. The number of nitrogens with one attached hydrogen (secondary N) is 1. The monoisotopic (exact) mass is 435 g/mol. The molecule has 1 aliphatic rings. The Labute approximate surface area is 186 Å².